The highest BCUT2D eigenvalue weighted by molar-refractivity contribution is 5.17. The van der Waals surface area contributed by atoms with Crippen molar-refractivity contribution in [2.24, 2.45) is 0 Å². The van der Waals surface area contributed by atoms with Crippen molar-refractivity contribution in [2.75, 3.05) is 26.2 Å². The van der Waals surface area contributed by atoms with Gasteiger partial charge in [0.15, 0.2) is 0 Å². The lowest BCUT2D eigenvalue weighted by Crippen LogP contribution is -2.34. The SMILES string of the molecule is CCOCc1ccc(C2CCCN(CC)C2)nc1. The van der Waals surface area contributed by atoms with E-state index in [1.54, 1.807) is 0 Å². The minimum atomic E-state index is 0.611. The van der Waals surface area contributed by atoms with Crippen LogP contribution in [0.1, 0.15) is 43.9 Å². The summed E-state index contributed by atoms with van der Waals surface area (Å²) in [6.45, 7) is 9.25. The maximum absolute atomic E-state index is 5.39. The quantitative estimate of drug-likeness (QED) is 0.801. The van der Waals surface area contributed by atoms with Crippen molar-refractivity contribution in [3.05, 3.63) is 29.6 Å². The van der Waals surface area contributed by atoms with Crippen LogP contribution in [-0.4, -0.2) is 36.1 Å². The highest BCUT2D eigenvalue weighted by Gasteiger charge is 2.20. The molecule has 0 bridgehead atoms. The lowest BCUT2D eigenvalue weighted by atomic mass is 9.94. The third kappa shape index (κ3) is 3.53. The number of nitrogens with zero attached hydrogens (tertiary/aromatic N) is 2. The van der Waals surface area contributed by atoms with Crippen molar-refractivity contribution in [3.63, 3.8) is 0 Å². The summed E-state index contributed by atoms with van der Waals surface area (Å²) >= 11 is 0. The Kier molecular flexibility index (Phi) is 5.14. The molecule has 18 heavy (non-hydrogen) atoms. The molecule has 0 aromatic carbocycles. The highest BCUT2D eigenvalue weighted by atomic mass is 16.5. The summed E-state index contributed by atoms with van der Waals surface area (Å²) in [4.78, 5) is 7.14. The van der Waals surface area contributed by atoms with Gasteiger partial charge in [-0.3, -0.25) is 4.98 Å². The molecule has 0 radical (unpaired) electrons. The maximum atomic E-state index is 5.39. The largest absolute Gasteiger partial charge is 0.377 e. The standard InChI is InChI=1S/C15H24N2O/c1-3-17-9-5-6-14(11-17)15-8-7-13(10-16-15)12-18-4-2/h7-8,10,14H,3-6,9,11-12H2,1-2H3. The molecule has 2 heterocycles. The Morgan fingerprint density at radius 3 is 2.94 bits per heavy atom. The molecule has 100 valence electrons. The second-order valence-corrected chi connectivity index (χ2v) is 4.96. The molecule has 1 atom stereocenters. The fraction of sp³-hybridized carbons (Fsp3) is 0.667. The Morgan fingerprint density at radius 1 is 1.39 bits per heavy atom. The average Bonchev–Trinajstić information content (AvgIpc) is 2.46. The monoisotopic (exact) mass is 248 g/mol. The molecule has 0 amide bonds. The van der Waals surface area contributed by atoms with Gasteiger partial charge in [0.2, 0.25) is 0 Å². The third-order valence-electron chi connectivity index (χ3n) is 3.69. The molecule has 3 heteroatoms. The summed E-state index contributed by atoms with van der Waals surface area (Å²) in [5.41, 5.74) is 2.41. The predicted molar refractivity (Wildman–Crippen MR) is 73.7 cm³/mol. The van der Waals surface area contributed by atoms with E-state index in [2.05, 4.69) is 28.9 Å². The van der Waals surface area contributed by atoms with E-state index in [4.69, 9.17) is 4.74 Å². The molecule has 3 nitrogen and oxygen atoms in total. The molecule has 1 fully saturated rings. The molecule has 0 aliphatic carbocycles. The Morgan fingerprint density at radius 2 is 2.28 bits per heavy atom. The van der Waals surface area contributed by atoms with Gasteiger partial charge in [-0.1, -0.05) is 13.0 Å². The highest BCUT2D eigenvalue weighted by Crippen LogP contribution is 2.25. The average molecular weight is 248 g/mol. The van der Waals surface area contributed by atoms with Crippen LogP contribution >= 0.6 is 0 Å². The first-order chi connectivity index (χ1) is 8.83. The van der Waals surface area contributed by atoms with E-state index in [0.29, 0.717) is 12.5 Å². The van der Waals surface area contributed by atoms with Crippen molar-refractivity contribution >= 4 is 0 Å². The number of aromatic nitrogens is 1. The Hall–Kier alpha value is -0.930. The number of likely N-dealkylation sites (N-methyl/N-ethyl adjacent to an activating group) is 1. The molecule has 2 rings (SSSR count). The topological polar surface area (TPSA) is 25.4 Å². The first kappa shape index (κ1) is 13.5. The van der Waals surface area contributed by atoms with Gasteiger partial charge in [-0.05, 0) is 44.5 Å². The molecule has 1 aromatic heterocycles. The summed E-state index contributed by atoms with van der Waals surface area (Å²) in [5.74, 6) is 0.611. The zero-order chi connectivity index (χ0) is 12.8. The number of ether oxygens (including phenoxy) is 1. The van der Waals surface area contributed by atoms with E-state index in [-0.39, 0.29) is 0 Å². The second kappa shape index (κ2) is 6.86. The van der Waals surface area contributed by atoms with Crippen molar-refractivity contribution < 1.29 is 4.74 Å². The molecular weight excluding hydrogens is 224 g/mol. The fourth-order valence-corrected chi connectivity index (χ4v) is 2.57. The van der Waals surface area contributed by atoms with Gasteiger partial charge in [-0.25, -0.2) is 0 Å². The normalized spacial score (nSPS) is 21.1. The third-order valence-corrected chi connectivity index (χ3v) is 3.69. The summed E-state index contributed by atoms with van der Waals surface area (Å²) in [6.07, 6.45) is 4.53. The van der Waals surface area contributed by atoms with Crippen LogP contribution < -0.4 is 0 Å². The maximum Gasteiger partial charge on any atom is 0.0731 e. The van der Waals surface area contributed by atoms with Crippen LogP contribution in [0.25, 0.3) is 0 Å². The van der Waals surface area contributed by atoms with Gasteiger partial charge in [-0.2, -0.15) is 0 Å². The Labute approximate surface area is 110 Å². The van der Waals surface area contributed by atoms with E-state index in [1.807, 2.05) is 13.1 Å². The van der Waals surface area contributed by atoms with Crippen molar-refractivity contribution in [3.8, 4) is 0 Å². The second-order valence-electron chi connectivity index (χ2n) is 4.96. The summed E-state index contributed by atoms with van der Waals surface area (Å²) in [6, 6.07) is 4.33. The van der Waals surface area contributed by atoms with Gasteiger partial charge in [0.05, 0.1) is 6.61 Å². The van der Waals surface area contributed by atoms with Crippen LogP contribution in [0.5, 0.6) is 0 Å². The summed E-state index contributed by atoms with van der Waals surface area (Å²) in [7, 11) is 0. The lowest BCUT2D eigenvalue weighted by Gasteiger charge is -2.31. The van der Waals surface area contributed by atoms with E-state index in [1.165, 1.54) is 30.6 Å². The number of rotatable bonds is 5. The van der Waals surface area contributed by atoms with Crippen LogP contribution in [0.3, 0.4) is 0 Å². The van der Waals surface area contributed by atoms with E-state index < -0.39 is 0 Å². The number of hydrogen-bond donors (Lipinski definition) is 0. The zero-order valence-corrected chi connectivity index (χ0v) is 11.6. The van der Waals surface area contributed by atoms with E-state index in [9.17, 15) is 0 Å². The van der Waals surface area contributed by atoms with Gasteiger partial charge >= 0.3 is 0 Å². The van der Waals surface area contributed by atoms with Crippen LogP contribution in [-0.2, 0) is 11.3 Å². The van der Waals surface area contributed by atoms with Gasteiger partial charge in [-0.15, -0.1) is 0 Å². The van der Waals surface area contributed by atoms with Crippen LogP contribution in [0.4, 0.5) is 0 Å². The lowest BCUT2D eigenvalue weighted by molar-refractivity contribution is 0.134. The minimum absolute atomic E-state index is 0.611. The Bertz CT molecular complexity index is 350. The van der Waals surface area contributed by atoms with Crippen molar-refractivity contribution in [1.29, 1.82) is 0 Å². The number of piperidine rings is 1. The van der Waals surface area contributed by atoms with Gasteiger partial charge in [0.1, 0.15) is 0 Å². The molecule has 0 spiro atoms. The van der Waals surface area contributed by atoms with Crippen LogP contribution in [0, 0.1) is 0 Å². The van der Waals surface area contributed by atoms with Gasteiger partial charge < -0.3 is 9.64 Å². The number of pyridine rings is 1. The van der Waals surface area contributed by atoms with Crippen molar-refractivity contribution in [2.45, 2.75) is 39.2 Å². The minimum Gasteiger partial charge on any atom is -0.377 e. The first-order valence-corrected chi connectivity index (χ1v) is 7.08. The molecule has 1 unspecified atom stereocenters. The first-order valence-electron chi connectivity index (χ1n) is 7.08. The van der Waals surface area contributed by atoms with Gasteiger partial charge in [0.25, 0.3) is 0 Å². The molecule has 1 aromatic rings. The van der Waals surface area contributed by atoms with Crippen LogP contribution in [0.15, 0.2) is 18.3 Å². The van der Waals surface area contributed by atoms with Crippen molar-refractivity contribution in [1.82, 2.24) is 9.88 Å². The fourth-order valence-electron chi connectivity index (χ4n) is 2.57. The molecule has 1 saturated heterocycles. The summed E-state index contributed by atoms with van der Waals surface area (Å²) in [5, 5.41) is 0. The Balaban J connectivity index is 1.96. The number of hydrogen-bond acceptors (Lipinski definition) is 3. The smallest absolute Gasteiger partial charge is 0.0731 e. The van der Waals surface area contributed by atoms with E-state index >= 15 is 0 Å². The summed E-state index contributed by atoms with van der Waals surface area (Å²) < 4.78 is 5.39. The molecule has 1 aliphatic heterocycles. The molecule has 1 aliphatic rings. The predicted octanol–water partition coefficient (Wildman–Crippen LogP) is 2.82. The van der Waals surface area contributed by atoms with E-state index in [0.717, 1.165) is 19.7 Å². The van der Waals surface area contributed by atoms with Crippen LogP contribution in [0.2, 0.25) is 0 Å². The molecular formula is C15H24N2O. The molecule has 0 saturated carbocycles. The zero-order valence-electron chi connectivity index (χ0n) is 11.6. The van der Waals surface area contributed by atoms with Gasteiger partial charge in [0, 0.05) is 31.0 Å². The molecule has 0 N–H and O–H groups in total. The number of likely N-dealkylation sites (tertiary alicyclic amines) is 1.